The summed E-state index contributed by atoms with van der Waals surface area (Å²) >= 11 is 0. The van der Waals surface area contributed by atoms with Crippen molar-refractivity contribution in [3.63, 3.8) is 0 Å². The molecule has 0 saturated carbocycles. The molecule has 0 saturated heterocycles. The Hall–Kier alpha value is -0.830. The Morgan fingerprint density at radius 1 is 1.08 bits per heavy atom. The van der Waals surface area contributed by atoms with Crippen molar-refractivity contribution in [1.82, 2.24) is 0 Å². The summed E-state index contributed by atoms with van der Waals surface area (Å²) in [6.07, 6.45) is 4.31. The highest BCUT2D eigenvalue weighted by atomic mass is 32.2. The molecule has 0 N–H and O–H groups in total. The maximum absolute atomic E-state index is 12.7. The zero-order valence-corrected chi connectivity index (χ0v) is 17.2. The summed E-state index contributed by atoms with van der Waals surface area (Å²) in [6, 6.07) is 6.09. The number of hydrogen-bond acceptors (Lipinski definition) is 2. The van der Waals surface area contributed by atoms with E-state index in [0.29, 0.717) is 11.3 Å². The first-order chi connectivity index (χ1) is 10.9. The van der Waals surface area contributed by atoms with E-state index in [2.05, 4.69) is 54.5 Å². The molecule has 0 bridgehead atoms. The number of hydrogen-bond donors (Lipinski definition) is 0. The average Bonchev–Trinajstić information content (AvgIpc) is 2.42. The van der Waals surface area contributed by atoms with Crippen LogP contribution in [0.1, 0.15) is 78.4 Å². The fourth-order valence-corrected chi connectivity index (χ4v) is 5.04. The first-order valence-corrected chi connectivity index (χ1v) is 10.7. The van der Waals surface area contributed by atoms with E-state index >= 15 is 0 Å². The first-order valence-electron chi connectivity index (χ1n) is 9.08. The maximum atomic E-state index is 12.7. The molecular weight excluding hydrogens is 316 g/mol. The average molecular weight is 352 g/mol. The van der Waals surface area contributed by atoms with Crippen LogP contribution >= 0.6 is 0 Å². The van der Waals surface area contributed by atoms with Gasteiger partial charge < -0.3 is 0 Å². The predicted octanol–water partition coefficient (Wildman–Crippen LogP) is 5.74. The molecule has 0 aliphatic carbocycles. The van der Waals surface area contributed by atoms with E-state index in [1.807, 2.05) is 12.1 Å². The van der Waals surface area contributed by atoms with Gasteiger partial charge in [-0.2, -0.15) is 0 Å². The monoisotopic (exact) mass is 351 g/mol. The van der Waals surface area contributed by atoms with Gasteiger partial charge in [0.1, 0.15) is 0 Å². The van der Waals surface area contributed by atoms with Gasteiger partial charge in [0, 0.05) is 0 Å². The third-order valence-corrected chi connectivity index (χ3v) is 6.24. The summed E-state index contributed by atoms with van der Waals surface area (Å²) in [5, 5.41) is 0. The Morgan fingerprint density at radius 3 is 2.21 bits per heavy atom. The molecule has 3 heteroatoms. The molecule has 0 aliphatic heterocycles. The van der Waals surface area contributed by atoms with Crippen molar-refractivity contribution in [3.8, 4) is 0 Å². The fraction of sp³-hybridized carbons (Fsp3) is 0.667. The highest BCUT2D eigenvalue weighted by Crippen LogP contribution is 2.37. The third-order valence-electron chi connectivity index (χ3n) is 4.37. The Morgan fingerprint density at radius 2 is 1.71 bits per heavy atom. The van der Waals surface area contributed by atoms with Crippen LogP contribution in [0.4, 0.5) is 0 Å². The fourth-order valence-electron chi connectivity index (χ4n) is 3.57. The number of aryl methyl sites for hydroxylation is 1. The normalized spacial score (nSPS) is 13.3. The summed E-state index contributed by atoms with van der Waals surface area (Å²) in [7, 11) is -3.26. The predicted molar refractivity (Wildman–Crippen MR) is 104 cm³/mol. The number of benzene rings is 1. The second-order valence-corrected chi connectivity index (χ2v) is 10.8. The van der Waals surface area contributed by atoms with Crippen LogP contribution < -0.4 is 0 Å². The Balaban J connectivity index is 3.37. The van der Waals surface area contributed by atoms with Crippen molar-refractivity contribution < 1.29 is 8.42 Å². The van der Waals surface area contributed by atoms with Crippen molar-refractivity contribution >= 4 is 9.84 Å². The van der Waals surface area contributed by atoms with E-state index in [0.717, 1.165) is 36.8 Å². The highest BCUT2D eigenvalue weighted by molar-refractivity contribution is 7.91. The molecule has 1 rings (SSSR count). The molecule has 1 aromatic rings. The maximum Gasteiger partial charge on any atom is 0.178 e. The lowest BCUT2D eigenvalue weighted by Gasteiger charge is -2.33. The van der Waals surface area contributed by atoms with Crippen LogP contribution in [0.15, 0.2) is 23.1 Å². The van der Waals surface area contributed by atoms with Gasteiger partial charge in [0.25, 0.3) is 0 Å². The molecule has 24 heavy (non-hydrogen) atoms. The molecule has 2 nitrogen and oxygen atoms in total. The van der Waals surface area contributed by atoms with Gasteiger partial charge in [-0.15, -0.1) is 0 Å². The summed E-state index contributed by atoms with van der Waals surface area (Å²) in [5.74, 6) is 0.120. The molecule has 0 heterocycles. The number of unbranched alkanes of at least 4 members (excludes halogenated alkanes) is 1. The minimum atomic E-state index is -3.26. The standard InChI is InChI=1S/C21H35O2S/c1-8-10-11-17-12-13-18(21(6,7)16-20(3,4)5)15-19(17)24(22,23)14-9-2/h12-13,15H,2,8-11,14,16H2,1,3-7H3. The minimum absolute atomic E-state index is 0.0593. The van der Waals surface area contributed by atoms with Crippen LogP contribution in [0.3, 0.4) is 0 Å². The van der Waals surface area contributed by atoms with Gasteiger partial charge >= 0.3 is 0 Å². The second-order valence-electron chi connectivity index (χ2n) is 8.72. The molecule has 0 unspecified atom stereocenters. The lowest BCUT2D eigenvalue weighted by molar-refractivity contribution is 0.284. The van der Waals surface area contributed by atoms with E-state index < -0.39 is 9.84 Å². The van der Waals surface area contributed by atoms with Crippen molar-refractivity contribution in [2.24, 2.45) is 5.41 Å². The van der Waals surface area contributed by atoms with Gasteiger partial charge in [0.05, 0.1) is 10.6 Å². The summed E-state index contributed by atoms with van der Waals surface area (Å²) in [6.45, 7) is 17.0. The SMILES string of the molecule is [CH2]CCS(=O)(=O)c1cc(C(C)(C)CC(C)(C)C)ccc1CCCC. The molecule has 0 aromatic heterocycles. The zero-order chi connectivity index (χ0) is 18.6. The van der Waals surface area contributed by atoms with Gasteiger partial charge in [-0.3, -0.25) is 0 Å². The molecular formula is C21H35O2S. The van der Waals surface area contributed by atoms with E-state index in [-0.39, 0.29) is 16.6 Å². The molecule has 1 aromatic carbocycles. The van der Waals surface area contributed by atoms with Gasteiger partial charge in [-0.1, -0.05) is 67.0 Å². The number of rotatable bonds is 8. The molecule has 0 amide bonds. The van der Waals surface area contributed by atoms with Crippen LogP contribution in [0.25, 0.3) is 0 Å². The lowest BCUT2D eigenvalue weighted by Crippen LogP contribution is -2.25. The molecule has 137 valence electrons. The van der Waals surface area contributed by atoms with Crippen molar-refractivity contribution in [2.75, 3.05) is 5.75 Å². The quantitative estimate of drug-likeness (QED) is 0.598. The van der Waals surface area contributed by atoms with Gasteiger partial charge in [-0.05, 0) is 53.7 Å². The summed E-state index contributed by atoms with van der Waals surface area (Å²) in [4.78, 5) is 0.527. The summed E-state index contributed by atoms with van der Waals surface area (Å²) < 4.78 is 25.5. The first kappa shape index (κ1) is 21.2. The van der Waals surface area contributed by atoms with Crippen LogP contribution in [-0.2, 0) is 21.7 Å². The van der Waals surface area contributed by atoms with Gasteiger partial charge in [-0.25, -0.2) is 8.42 Å². The molecule has 0 atom stereocenters. The lowest BCUT2D eigenvalue weighted by atomic mass is 9.72. The molecule has 0 fully saturated rings. The summed E-state index contributed by atoms with van der Waals surface area (Å²) in [5.41, 5.74) is 2.20. The van der Waals surface area contributed by atoms with Gasteiger partial charge in [0.2, 0.25) is 0 Å². The van der Waals surface area contributed by atoms with E-state index in [9.17, 15) is 8.42 Å². The Labute approximate surface area is 150 Å². The van der Waals surface area contributed by atoms with E-state index in [4.69, 9.17) is 0 Å². The topological polar surface area (TPSA) is 34.1 Å². The van der Waals surface area contributed by atoms with Crippen molar-refractivity contribution in [3.05, 3.63) is 36.2 Å². The second kappa shape index (κ2) is 8.03. The third kappa shape index (κ3) is 5.91. The van der Waals surface area contributed by atoms with E-state index in [1.165, 1.54) is 0 Å². The van der Waals surface area contributed by atoms with E-state index in [1.54, 1.807) is 0 Å². The van der Waals surface area contributed by atoms with Crippen molar-refractivity contribution in [1.29, 1.82) is 0 Å². The minimum Gasteiger partial charge on any atom is -0.224 e. The van der Waals surface area contributed by atoms with Crippen LogP contribution in [-0.4, -0.2) is 14.2 Å². The van der Waals surface area contributed by atoms with Crippen LogP contribution in [0.2, 0.25) is 0 Å². The van der Waals surface area contributed by atoms with Crippen LogP contribution in [0.5, 0.6) is 0 Å². The largest absolute Gasteiger partial charge is 0.224 e. The van der Waals surface area contributed by atoms with Crippen molar-refractivity contribution in [2.45, 2.75) is 84.0 Å². The Bertz CT molecular complexity index is 634. The smallest absolute Gasteiger partial charge is 0.178 e. The van der Waals surface area contributed by atoms with Crippen LogP contribution in [0, 0.1) is 12.3 Å². The molecule has 0 spiro atoms. The Kier molecular flexibility index (Phi) is 7.10. The molecule has 1 radical (unpaired) electrons. The zero-order valence-electron chi connectivity index (χ0n) is 16.4. The number of sulfone groups is 1. The van der Waals surface area contributed by atoms with Gasteiger partial charge in [0.15, 0.2) is 9.84 Å². The highest BCUT2D eigenvalue weighted by Gasteiger charge is 2.29. The molecule has 0 aliphatic rings.